The van der Waals surface area contributed by atoms with Crippen LogP contribution in [0.5, 0.6) is 11.5 Å². The molecular formula is C39H42N2O8. The van der Waals surface area contributed by atoms with E-state index in [0.717, 1.165) is 18.4 Å². The molecule has 0 bridgehead atoms. The molecule has 4 aromatic rings. The molecule has 0 spiro atoms. The number of hydrogen-bond donors (Lipinski definition) is 3. The Balaban J connectivity index is 1.21. The van der Waals surface area contributed by atoms with E-state index >= 15 is 0 Å². The first-order valence-electron chi connectivity index (χ1n) is 16.4. The van der Waals surface area contributed by atoms with Crippen molar-refractivity contribution in [3.63, 3.8) is 0 Å². The van der Waals surface area contributed by atoms with Crippen molar-refractivity contribution in [2.75, 3.05) is 18.5 Å². The van der Waals surface area contributed by atoms with Gasteiger partial charge in [0.1, 0.15) is 24.1 Å². The zero-order valence-corrected chi connectivity index (χ0v) is 27.6. The smallest absolute Gasteiger partial charge is 0.343 e. The van der Waals surface area contributed by atoms with Gasteiger partial charge in [-0.3, -0.25) is 9.59 Å². The van der Waals surface area contributed by atoms with Gasteiger partial charge in [0.2, 0.25) is 5.91 Å². The lowest BCUT2D eigenvalue weighted by Gasteiger charge is -2.15. The predicted molar refractivity (Wildman–Crippen MR) is 186 cm³/mol. The molecule has 10 heteroatoms. The first-order valence-corrected chi connectivity index (χ1v) is 16.4. The van der Waals surface area contributed by atoms with Crippen LogP contribution in [0.4, 0.5) is 5.69 Å². The molecule has 0 aliphatic heterocycles. The number of benzene rings is 4. The van der Waals surface area contributed by atoms with Gasteiger partial charge in [0, 0.05) is 17.7 Å². The molecule has 0 heterocycles. The number of carbonyl (C=O) groups is 4. The van der Waals surface area contributed by atoms with Crippen LogP contribution in [0.1, 0.15) is 70.9 Å². The summed E-state index contributed by atoms with van der Waals surface area (Å²) in [6.07, 6.45) is 5.76. The topological polar surface area (TPSA) is 140 Å². The van der Waals surface area contributed by atoms with Gasteiger partial charge in [-0.25, -0.2) is 9.59 Å². The third kappa shape index (κ3) is 12.6. The molecule has 0 aliphatic rings. The van der Waals surface area contributed by atoms with Gasteiger partial charge in [-0.1, -0.05) is 75.1 Å². The number of carboxylic acid groups (broad SMARTS) is 1. The Bertz CT molecular complexity index is 1640. The molecule has 4 aromatic carbocycles. The molecule has 10 nitrogen and oxygen atoms in total. The van der Waals surface area contributed by atoms with Gasteiger partial charge in [0.05, 0.1) is 18.8 Å². The fraction of sp³-hybridized carbons (Fsp3) is 0.282. The maximum Gasteiger partial charge on any atom is 0.343 e. The van der Waals surface area contributed by atoms with Crippen LogP contribution in [-0.2, 0) is 27.4 Å². The maximum absolute atomic E-state index is 12.8. The summed E-state index contributed by atoms with van der Waals surface area (Å²) in [6, 6.07) is 27.6. The zero-order chi connectivity index (χ0) is 34.8. The molecule has 256 valence electrons. The van der Waals surface area contributed by atoms with Crippen LogP contribution in [0, 0.1) is 0 Å². The number of amides is 2. The number of ether oxygens (including phenoxy) is 3. The largest absolute Gasteiger partial charge is 0.494 e. The van der Waals surface area contributed by atoms with E-state index in [2.05, 4.69) is 17.6 Å². The number of esters is 1. The van der Waals surface area contributed by atoms with Gasteiger partial charge in [0.15, 0.2) is 0 Å². The van der Waals surface area contributed by atoms with Gasteiger partial charge < -0.3 is 30.0 Å². The summed E-state index contributed by atoms with van der Waals surface area (Å²) >= 11 is 0. The Morgan fingerprint density at radius 3 is 2.04 bits per heavy atom. The molecule has 0 aliphatic carbocycles. The standard InChI is InChI=1S/C39H42N2O8/c1-2-3-4-5-9-24-48-33-22-16-31(17-23-33)39(46)49-34-20-12-28(13-21-34)25-35(38(44)45)41-37(43)30-14-18-32(19-15-30)40-36(42)27-47-26-29-10-7-6-8-11-29/h6-8,10-23,35H,2-5,9,24-27H2,1H3,(H,40,42)(H,41,43)(H,44,45). The van der Waals surface area contributed by atoms with Crippen LogP contribution in [-0.4, -0.2) is 48.1 Å². The van der Waals surface area contributed by atoms with Crippen LogP contribution in [0.2, 0.25) is 0 Å². The zero-order valence-electron chi connectivity index (χ0n) is 27.6. The molecule has 1 unspecified atom stereocenters. The van der Waals surface area contributed by atoms with Crippen LogP contribution in [0.25, 0.3) is 0 Å². The van der Waals surface area contributed by atoms with E-state index in [0.29, 0.717) is 41.5 Å². The van der Waals surface area contributed by atoms with Gasteiger partial charge >= 0.3 is 11.9 Å². The lowest BCUT2D eigenvalue weighted by atomic mass is 10.0. The average molecular weight is 667 g/mol. The molecule has 2 amide bonds. The number of nitrogens with one attached hydrogen (secondary N) is 2. The van der Waals surface area contributed by atoms with Crippen LogP contribution in [0.15, 0.2) is 103 Å². The summed E-state index contributed by atoms with van der Waals surface area (Å²) in [4.78, 5) is 49.7. The molecule has 0 fully saturated rings. The lowest BCUT2D eigenvalue weighted by molar-refractivity contribution is -0.139. The van der Waals surface area contributed by atoms with Crippen molar-refractivity contribution in [2.24, 2.45) is 0 Å². The molecule has 0 aromatic heterocycles. The molecule has 49 heavy (non-hydrogen) atoms. The Morgan fingerprint density at radius 2 is 1.37 bits per heavy atom. The Hall–Kier alpha value is -5.48. The number of unbranched alkanes of at least 4 members (excludes halogenated alkanes) is 4. The highest BCUT2D eigenvalue weighted by atomic mass is 16.5. The van der Waals surface area contributed by atoms with E-state index < -0.39 is 23.9 Å². The predicted octanol–water partition coefficient (Wildman–Crippen LogP) is 6.84. The number of aliphatic carboxylic acids is 1. The van der Waals surface area contributed by atoms with E-state index in [1.807, 2.05) is 30.3 Å². The summed E-state index contributed by atoms with van der Waals surface area (Å²) in [5.74, 6) is -1.66. The number of carboxylic acids is 1. The van der Waals surface area contributed by atoms with E-state index in [9.17, 15) is 24.3 Å². The van der Waals surface area contributed by atoms with E-state index in [-0.39, 0.29) is 24.5 Å². The summed E-state index contributed by atoms with van der Waals surface area (Å²) in [7, 11) is 0. The highest BCUT2D eigenvalue weighted by Crippen LogP contribution is 2.18. The van der Waals surface area contributed by atoms with E-state index in [1.54, 1.807) is 60.7 Å². The van der Waals surface area contributed by atoms with Crippen LogP contribution in [0.3, 0.4) is 0 Å². The van der Waals surface area contributed by atoms with Crippen molar-refractivity contribution in [1.82, 2.24) is 5.32 Å². The molecule has 0 saturated heterocycles. The number of rotatable bonds is 19. The second kappa shape index (κ2) is 19.4. The summed E-state index contributed by atoms with van der Waals surface area (Å²) in [6.45, 7) is 2.98. The van der Waals surface area contributed by atoms with Gasteiger partial charge in [-0.15, -0.1) is 0 Å². The highest BCUT2D eigenvalue weighted by Gasteiger charge is 2.21. The number of carbonyl (C=O) groups excluding carboxylic acids is 3. The normalized spacial score (nSPS) is 11.3. The Labute approximate surface area is 286 Å². The SMILES string of the molecule is CCCCCCCOc1ccc(C(=O)Oc2ccc(CC(NC(=O)c3ccc(NC(=O)COCc4ccccc4)cc3)C(=O)O)cc2)cc1. The highest BCUT2D eigenvalue weighted by molar-refractivity contribution is 5.98. The van der Waals surface area contributed by atoms with Crippen molar-refractivity contribution in [1.29, 1.82) is 0 Å². The van der Waals surface area contributed by atoms with Crippen molar-refractivity contribution in [3.05, 3.63) is 125 Å². The fourth-order valence-corrected chi connectivity index (χ4v) is 4.86. The number of hydrogen-bond acceptors (Lipinski definition) is 7. The van der Waals surface area contributed by atoms with Crippen molar-refractivity contribution in [3.8, 4) is 11.5 Å². The van der Waals surface area contributed by atoms with Gasteiger partial charge in [-0.2, -0.15) is 0 Å². The van der Waals surface area contributed by atoms with E-state index in [4.69, 9.17) is 14.2 Å². The Kier molecular flexibility index (Phi) is 14.4. The molecular weight excluding hydrogens is 624 g/mol. The molecule has 1 atom stereocenters. The lowest BCUT2D eigenvalue weighted by Crippen LogP contribution is -2.42. The van der Waals surface area contributed by atoms with Crippen LogP contribution >= 0.6 is 0 Å². The maximum atomic E-state index is 12.8. The first-order chi connectivity index (χ1) is 23.8. The summed E-state index contributed by atoms with van der Waals surface area (Å²) in [5.41, 5.74) is 2.64. The Morgan fingerprint density at radius 1 is 0.714 bits per heavy atom. The minimum Gasteiger partial charge on any atom is -0.494 e. The van der Waals surface area contributed by atoms with Gasteiger partial charge in [-0.05, 0) is 78.2 Å². The monoisotopic (exact) mass is 666 g/mol. The number of anilines is 1. The molecule has 3 N–H and O–H groups in total. The fourth-order valence-electron chi connectivity index (χ4n) is 4.86. The van der Waals surface area contributed by atoms with Crippen molar-refractivity contribution < 1.29 is 38.5 Å². The quantitative estimate of drug-likeness (QED) is 0.0562. The second-order valence-corrected chi connectivity index (χ2v) is 11.5. The first kappa shape index (κ1) is 36.4. The minimum absolute atomic E-state index is 0.00644. The third-order valence-electron chi connectivity index (χ3n) is 7.56. The third-order valence-corrected chi connectivity index (χ3v) is 7.56. The minimum atomic E-state index is -1.21. The molecule has 0 radical (unpaired) electrons. The summed E-state index contributed by atoms with van der Waals surface area (Å²) < 4.78 is 16.7. The van der Waals surface area contributed by atoms with Crippen LogP contribution < -0.4 is 20.1 Å². The van der Waals surface area contributed by atoms with Crippen molar-refractivity contribution >= 4 is 29.4 Å². The summed E-state index contributed by atoms with van der Waals surface area (Å²) in [5, 5.41) is 15.0. The second-order valence-electron chi connectivity index (χ2n) is 11.5. The average Bonchev–Trinajstić information content (AvgIpc) is 3.11. The van der Waals surface area contributed by atoms with Crippen molar-refractivity contribution in [2.45, 2.75) is 58.1 Å². The van der Waals surface area contributed by atoms with Gasteiger partial charge in [0.25, 0.3) is 5.91 Å². The molecule has 0 saturated carbocycles. The van der Waals surface area contributed by atoms with E-state index in [1.165, 1.54) is 31.4 Å². The molecule has 4 rings (SSSR count).